The van der Waals surface area contributed by atoms with Crippen LogP contribution in [0.2, 0.25) is 0 Å². The number of hydroxylamine groups is 1. The first-order valence-corrected chi connectivity index (χ1v) is 3.82. The van der Waals surface area contributed by atoms with Gasteiger partial charge in [-0.3, -0.25) is 9.83 Å². The second-order valence-electron chi connectivity index (χ2n) is 2.46. The van der Waals surface area contributed by atoms with Crippen molar-refractivity contribution in [3.8, 4) is 0 Å². The van der Waals surface area contributed by atoms with Gasteiger partial charge < -0.3 is 4.74 Å². The summed E-state index contributed by atoms with van der Waals surface area (Å²) in [6.07, 6.45) is 2.21. The van der Waals surface area contributed by atoms with Crippen molar-refractivity contribution in [2.75, 3.05) is 19.9 Å². The molecule has 0 spiro atoms. The van der Waals surface area contributed by atoms with Crippen LogP contribution in [0.5, 0.6) is 0 Å². The normalized spacial score (nSPS) is 20.0. The van der Waals surface area contributed by atoms with Crippen molar-refractivity contribution in [3.63, 3.8) is 0 Å². The molecule has 4 nitrogen and oxygen atoms in total. The predicted molar refractivity (Wildman–Crippen MR) is 42.5 cm³/mol. The van der Waals surface area contributed by atoms with Crippen molar-refractivity contribution in [3.05, 3.63) is 0 Å². The van der Waals surface area contributed by atoms with Crippen LogP contribution in [0.3, 0.4) is 0 Å². The van der Waals surface area contributed by atoms with E-state index in [0.29, 0.717) is 6.67 Å². The van der Waals surface area contributed by atoms with Crippen LogP contribution in [-0.4, -0.2) is 32.7 Å². The van der Waals surface area contributed by atoms with Gasteiger partial charge in [0.15, 0.2) is 0 Å². The Morgan fingerprint density at radius 1 is 1.55 bits per heavy atom. The van der Waals surface area contributed by atoms with Crippen LogP contribution < -0.4 is 5.48 Å². The number of ether oxygens (including phenoxy) is 1. The number of nitrogens with one attached hydrogen (secondary N) is 1. The van der Waals surface area contributed by atoms with Crippen LogP contribution in [0.15, 0.2) is 4.99 Å². The van der Waals surface area contributed by atoms with Crippen molar-refractivity contribution in [2.45, 2.75) is 18.9 Å². The van der Waals surface area contributed by atoms with Crippen molar-refractivity contribution < 1.29 is 9.57 Å². The fraction of sp³-hybridized carbons (Fsp3) is 0.857. The maximum atomic E-state index is 5.26. The van der Waals surface area contributed by atoms with Gasteiger partial charge >= 0.3 is 0 Å². The van der Waals surface area contributed by atoms with Crippen LogP contribution in [0.1, 0.15) is 12.8 Å². The molecule has 1 saturated heterocycles. The third-order valence-corrected chi connectivity index (χ3v) is 1.59. The summed E-state index contributed by atoms with van der Waals surface area (Å²) in [5, 5.41) is 0. The molecule has 11 heavy (non-hydrogen) atoms. The van der Waals surface area contributed by atoms with E-state index in [2.05, 4.69) is 17.2 Å². The third-order valence-electron chi connectivity index (χ3n) is 1.59. The highest BCUT2D eigenvalue weighted by atomic mass is 16.7. The van der Waals surface area contributed by atoms with Crippen molar-refractivity contribution in [1.29, 1.82) is 0 Å². The van der Waals surface area contributed by atoms with E-state index in [1.807, 2.05) is 0 Å². The van der Waals surface area contributed by atoms with E-state index in [4.69, 9.17) is 9.57 Å². The molecule has 1 fully saturated rings. The van der Waals surface area contributed by atoms with Crippen molar-refractivity contribution in [1.82, 2.24) is 5.48 Å². The van der Waals surface area contributed by atoms with E-state index in [-0.39, 0.29) is 6.10 Å². The monoisotopic (exact) mass is 158 g/mol. The Kier molecular flexibility index (Phi) is 4.11. The average molecular weight is 158 g/mol. The fourth-order valence-electron chi connectivity index (χ4n) is 0.995. The molecule has 0 aromatic carbocycles. The van der Waals surface area contributed by atoms with E-state index in [9.17, 15) is 0 Å². The Morgan fingerprint density at radius 2 is 2.27 bits per heavy atom. The zero-order chi connectivity index (χ0) is 7.94. The second-order valence-corrected chi connectivity index (χ2v) is 2.46. The summed E-state index contributed by atoms with van der Waals surface area (Å²) in [5.41, 5.74) is 2.72. The number of nitrogens with zero attached hydrogens (tertiary/aromatic N) is 1. The largest absolute Gasteiger partial charge is 0.381 e. The molecule has 0 radical (unpaired) electrons. The Balaban J connectivity index is 2.00. The minimum Gasteiger partial charge on any atom is -0.381 e. The van der Waals surface area contributed by atoms with Gasteiger partial charge in [-0.25, -0.2) is 0 Å². The van der Waals surface area contributed by atoms with Gasteiger partial charge in [0.1, 0.15) is 6.67 Å². The minimum absolute atomic E-state index is 0.283. The molecular weight excluding hydrogens is 144 g/mol. The Bertz CT molecular complexity index is 113. The third kappa shape index (κ3) is 3.46. The zero-order valence-electron chi connectivity index (χ0n) is 6.58. The molecule has 0 aromatic rings. The Morgan fingerprint density at radius 3 is 2.91 bits per heavy atom. The summed E-state index contributed by atoms with van der Waals surface area (Å²) < 4.78 is 5.16. The lowest BCUT2D eigenvalue weighted by Crippen LogP contribution is -2.29. The summed E-state index contributed by atoms with van der Waals surface area (Å²) >= 11 is 0. The molecule has 1 aliphatic rings. The molecule has 64 valence electrons. The van der Waals surface area contributed by atoms with E-state index < -0.39 is 0 Å². The molecule has 0 saturated carbocycles. The van der Waals surface area contributed by atoms with Crippen molar-refractivity contribution in [2.24, 2.45) is 4.99 Å². The van der Waals surface area contributed by atoms with E-state index in [1.54, 1.807) is 0 Å². The summed E-state index contributed by atoms with van der Waals surface area (Å²) in [6, 6.07) is 0. The summed E-state index contributed by atoms with van der Waals surface area (Å²) in [7, 11) is 0. The Hall–Kier alpha value is -0.450. The van der Waals surface area contributed by atoms with E-state index >= 15 is 0 Å². The number of hydrogen-bond donors (Lipinski definition) is 1. The summed E-state index contributed by atoms with van der Waals surface area (Å²) in [6.45, 7) is 5.38. The smallest absolute Gasteiger partial charge is 0.111 e. The van der Waals surface area contributed by atoms with Crippen LogP contribution in [0.4, 0.5) is 0 Å². The standard InChI is InChI=1S/C7H14N2O2/c1-8-6-9-11-7-2-4-10-5-3-7/h7,9H,1-6H2. The molecule has 0 atom stereocenters. The quantitative estimate of drug-likeness (QED) is 0.364. The first-order valence-electron chi connectivity index (χ1n) is 3.82. The molecule has 0 bridgehead atoms. The zero-order valence-corrected chi connectivity index (χ0v) is 6.58. The summed E-state index contributed by atoms with van der Waals surface area (Å²) in [4.78, 5) is 8.86. The molecule has 1 N–H and O–H groups in total. The highest BCUT2D eigenvalue weighted by Gasteiger charge is 2.13. The maximum Gasteiger partial charge on any atom is 0.111 e. The van der Waals surface area contributed by atoms with Gasteiger partial charge in [0.2, 0.25) is 0 Å². The van der Waals surface area contributed by atoms with Crippen LogP contribution in [0.25, 0.3) is 0 Å². The number of aliphatic imine (C=N–C) groups is 1. The first kappa shape index (κ1) is 8.64. The lowest BCUT2D eigenvalue weighted by Gasteiger charge is -2.21. The van der Waals surface area contributed by atoms with Gasteiger partial charge in [0.05, 0.1) is 6.10 Å². The van der Waals surface area contributed by atoms with Crippen molar-refractivity contribution >= 4 is 6.72 Å². The average Bonchev–Trinajstić information content (AvgIpc) is 2.07. The number of hydrogen-bond acceptors (Lipinski definition) is 4. The topological polar surface area (TPSA) is 42.9 Å². The van der Waals surface area contributed by atoms with E-state index in [0.717, 1.165) is 26.1 Å². The SMILES string of the molecule is C=NCNOC1CCOCC1. The molecule has 4 heteroatoms. The van der Waals surface area contributed by atoms with Crippen LogP contribution in [0, 0.1) is 0 Å². The van der Waals surface area contributed by atoms with Gasteiger partial charge in [0.25, 0.3) is 0 Å². The highest BCUT2D eigenvalue weighted by molar-refractivity contribution is 5.22. The second kappa shape index (κ2) is 5.23. The van der Waals surface area contributed by atoms with E-state index in [1.165, 1.54) is 0 Å². The molecule has 0 unspecified atom stereocenters. The predicted octanol–water partition coefficient (Wildman–Crippen LogP) is 0.345. The molecular formula is C7H14N2O2. The van der Waals surface area contributed by atoms with Gasteiger partial charge in [-0.15, -0.1) is 0 Å². The lowest BCUT2D eigenvalue weighted by atomic mass is 10.2. The molecule has 0 amide bonds. The number of rotatable bonds is 4. The lowest BCUT2D eigenvalue weighted by molar-refractivity contribution is -0.0765. The highest BCUT2D eigenvalue weighted by Crippen LogP contribution is 2.08. The first-order chi connectivity index (χ1) is 5.43. The summed E-state index contributed by atoms with van der Waals surface area (Å²) in [5.74, 6) is 0. The minimum atomic E-state index is 0.283. The maximum absolute atomic E-state index is 5.26. The molecule has 0 aliphatic carbocycles. The molecule has 0 aromatic heterocycles. The Labute approximate surface area is 66.5 Å². The molecule has 1 rings (SSSR count). The van der Waals surface area contributed by atoms with Gasteiger partial charge in [-0.1, -0.05) is 0 Å². The van der Waals surface area contributed by atoms with Gasteiger partial charge in [-0.05, 0) is 19.6 Å². The fourth-order valence-corrected chi connectivity index (χ4v) is 0.995. The molecule has 1 heterocycles. The van der Waals surface area contributed by atoms with Gasteiger partial charge in [0, 0.05) is 13.2 Å². The van der Waals surface area contributed by atoms with Crippen LogP contribution in [-0.2, 0) is 9.57 Å². The van der Waals surface area contributed by atoms with Crippen LogP contribution >= 0.6 is 0 Å². The van der Waals surface area contributed by atoms with Gasteiger partial charge in [-0.2, -0.15) is 5.48 Å². The molecule has 1 aliphatic heterocycles.